The van der Waals surface area contributed by atoms with E-state index in [1.54, 1.807) is 0 Å². The molecule has 6 heteroatoms. The zero-order valence-electron chi connectivity index (χ0n) is 8.93. The van der Waals surface area contributed by atoms with Gasteiger partial charge in [0.25, 0.3) is 0 Å². The van der Waals surface area contributed by atoms with E-state index in [0.717, 1.165) is 6.08 Å². The first-order valence-electron chi connectivity index (χ1n) is 4.75. The number of hydrogen-bond acceptors (Lipinski definition) is 4. The molecule has 0 aliphatic heterocycles. The van der Waals surface area contributed by atoms with Gasteiger partial charge >= 0.3 is 0 Å². The summed E-state index contributed by atoms with van der Waals surface area (Å²) in [6.45, 7) is 1.51. The summed E-state index contributed by atoms with van der Waals surface area (Å²) in [5.74, 6) is -0.869. The minimum absolute atomic E-state index is 0.0847. The number of allylic oxidation sites excluding steroid dienone is 2. The number of fused-ring (bicyclic) bond motifs is 1. The lowest BCUT2D eigenvalue weighted by Crippen LogP contribution is -2.22. The Labute approximate surface area is 98.0 Å². The molecule has 0 unspecified atom stereocenters. The fraction of sp³-hybridized carbons (Fsp3) is 0.0909. The van der Waals surface area contributed by atoms with Crippen LogP contribution >= 0.6 is 0 Å². The summed E-state index contributed by atoms with van der Waals surface area (Å²) in [7, 11) is -4.02. The topological polar surface area (TPSA) is 94.3 Å². The second-order valence-electron chi connectivity index (χ2n) is 3.74. The number of sulfonamides is 1. The number of ketones is 2. The van der Waals surface area contributed by atoms with E-state index in [-0.39, 0.29) is 27.4 Å². The average Bonchev–Trinajstić information content (AvgIpc) is 2.24. The average molecular weight is 251 g/mol. The molecule has 1 aliphatic rings. The van der Waals surface area contributed by atoms with E-state index in [1.165, 1.54) is 25.1 Å². The third-order valence-corrected chi connectivity index (χ3v) is 3.48. The molecule has 0 spiro atoms. The second kappa shape index (κ2) is 3.61. The van der Waals surface area contributed by atoms with Crippen LogP contribution in [0.1, 0.15) is 27.6 Å². The van der Waals surface area contributed by atoms with Crippen molar-refractivity contribution in [3.63, 3.8) is 0 Å². The van der Waals surface area contributed by atoms with Gasteiger partial charge in [0.1, 0.15) is 0 Å². The van der Waals surface area contributed by atoms with Gasteiger partial charge in [-0.2, -0.15) is 0 Å². The molecule has 5 nitrogen and oxygen atoms in total. The predicted molar refractivity (Wildman–Crippen MR) is 60.2 cm³/mol. The minimum atomic E-state index is -4.02. The smallest absolute Gasteiger partial charge is 0.238 e. The maximum Gasteiger partial charge on any atom is 0.238 e. The summed E-state index contributed by atoms with van der Waals surface area (Å²) >= 11 is 0. The molecule has 0 fully saturated rings. The van der Waals surface area contributed by atoms with Gasteiger partial charge in [-0.15, -0.1) is 0 Å². The van der Waals surface area contributed by atoms with Gasteiger partial charge < -0.3 is 0 Å². The van der Waals surface area contributed by atoms with E-state index in [0.29, 0.717) is 0 Å². The van der Waals surface area contributed by atoms with Crippen LogP contribution in [0.25, 0.3) is 0 Å². The Kier molecular flexibility index (Phi) is 2.48. The molecule has 0 saturated heterocycles. The zero-order valence-corrected chi connectivity index (χ0v) is 9.74. The number of nitrogens with two attached hydrogens (primary N) is 1. The molecule has 1 aromatic carbocycles. The van der Waals surface area contributed by atoms with Crippen LogP contribution in [0.5, 0.6) is 0 Å². The normalized spacial score (nSPS) is 15.5. The molecule has 0 amide bonds. The van der Waals surface area contributed by atoms with Gasteiger partial charge in [0.05, 0.1) is 10.5 Å². The van der Waals surface area contributed by atoms with Crippen LogP contribution in [0.2, 0.25) is 0 Å². The third-order valence-electron chi connectivity index (χ3n) is 2.53. The van der Waals surface area contributed by atoms with Crippen molar-refractivity contribution in [2.75, 3.05) is 0 Å². The number of Topliss-reactive ketones (excluding diaryl/α,β-unsaturated/α-hetero) is 1. The Bertz CT molecular complexity index is 671. The van der Waals surface area contributed by atoms with Crippen molar-refractivity contribution >= 4 is 21.6 Å². The number of benzene rings is 1. The highest BCUT2D eigenvalue weighted by atomic mass is 32.2. The Morgan fingerprint density at radius 1 is 1.18 bits per heavy atom. The van der Waals surface area contributed by atoms with Crippen LogP contribution in [0, 0.1) is 0 Å². The number of carbonyl (C=O) groups excluding carboxylic acids is 2. The van der Waals surface area contributed by atoms with E-state index in [9.17, 15) is 18.0 Å². The Morgan fingerprint density at radius 2 is 1.82 bits per heavy atom. The second-order valence-corrected chi connectivity index (χ2v) is 5.27. The van der Waals surface area contributed by atoms with Crippen molar-refractivity contribution in [3.05, 3.63) is 41.0 Å². The van der Waals surface area contributed by atoms with Crippen molar-refractivity contribution in [2.45, 2.75) is 11.8 Å². The lowest BCUT2D eigenvalue weighted by Gasteiger charge is -2.14. The van der Waals surface area contributed by atoms with E-state index in [2.05, 4.69) is 0 Å². The lowest BCUT2D eigenvalue weighted by atomic mass is 9.90. The van der Waals surface area contributed by atoms with Crippen molar-refractivity contribution in [2.24, 2.45) is 5.14 Å². The first-order chi connectivity index (χ1) is 7.82. The quantitative estimate of drug-likeness (QED) is 0.793. The number of hydrogen-bond donors (Lipinski definition) is 1. The van der Waals surface area contributed by atoms with Crippen molar-refractivity contribution in [3.8, 4) is 0 Å². The van der Waals surface area contributed by atoms with Gasteiger partial charge in [0.2, 0.25) is 10.0 Å². The van der Waals surface area contributed by atoms with Gasteiger partial charge in [0, 0.05) is 11.1 Å². The molecule has 2 N–H and O–H groups in total. The minimum Gasteiger partial charge on any atom is -0.289 e. The van der Waals surface area contributed by atoms with Crippen LogP contribution < -0.4 is 5.14 Å². The summed E-state index contributed by atoms with van der Waals surface area (Å²) in [5, 5.41) is 5.01. The van der Waals surface area contributed by atoms with Crippen LogP contribution in [-0.4, -0.2) is 20.0 Å². The summed E-state index contributed by atoms with van der Waals surface area (Å²) in [6, 6.07) is 4.02. The summed E-state index contributed by atoms with van der Waals surface area (Å²) in [5.41, 5.74) is 0.237. The largest absolute Gasteiger partial charge is 0.289 e. The van der Waals surface area contributed by atoms with Crippen LogP contribution in [-0.2, 0) is 10.0 Å². The molecule has 0 atom stereocenters. The molecule has 0 heterocycles. The van der Waals surface area contributed by atoms with E-state index >= 15 is 0 Å². The molecule has 0 radical (unpaired) electrons. The highest BCUT2D eigenvalue weighted by Gasteiger charge is 2.28. The number of primary sulfonamides is 1. The number of rotatable bonds is 1. The van der Waals surface area contributed by atoms with Crippen LogP contribution in [0.15, 0.2) is 34.7 Å². The fourth-order valence-corrected chi connectivity index (χ4v) is 2.52. The van der Waals surface area contributed by atoms with Gasteiger partial charge in [-0.1, -0.05) is 12.1 Å². The summed E-state index contributed by atoms with van der Waals surface area (Å²) < 4.78 is 22.7. The molecule has 0 saturated carbocycles. The van der Waals surface area contributed by atoms with Gasteiger partial charge in [-0.05, 0) is 19.1 Å². The van der Waals surface area contributed by atoms with E-state index in [4.69, 9.17) is 5.14 Å². The molecule has 88 valence electrons. The maximum absolute atomic E-state index is 11.8. The van der Waals surface area contributed by atoms with Crippen molar-refractivity contribution in [1.82, 2.24) is 0 Å². The van der Waals surface area contributed by atoms with Gasteiger partial charge in [-0.25, -0.2) is 13.6 Å². The van der Waals surface area contributed by atoms with Crippen molar-refractivity contribution in [1.29, 1.82) is 0 Å². The van der Waals surface area contributed by atoms with Gasteiger partial charge in [0.15, 0.2) is 11.6 Å². The zero-order chi connectivity index (χ0) is 12.8. The molecule has 0 aromatic heterocycles. The predicted octanol–water partition coefficient (Wildman–Crippen LogP) is 0.659. The maximum atomic E-state index is 11.8. The Hall–Kier alpha value is -1.79. The number of carbonyl (C=O) groups is 2. The first kappa shape index (κ1) is 11.7. The summed E-state index contributed by atoms with van der Waals surface area (Å²) in [4.78, 5) is 23.2. The molecular weight excluding hydrogens is 242 g/mol. The van der Waals surface area contributed by atoms with E-state index < -0.39 is 15.8 Å². The van der Waals surface area contributed by atoms with Crippen molar-refractivity contribution < 1.29 is 18.0 Å². The van der Waals surface area contributed by atoms with Crippen LogP contribution in [0.3, 0.4) is 0 Å². The molecular formula is C11H9NO4S. The standard InChI is InChI=1S/C11H9NO4S/c1-6-5-8(13)10-7(11(6)14)3-2-4-9(10)17(12,15)16/h2-5H,1H3,(H2,12,15,16). The summed E-state index contributed by atoms with van der Waals surface area (Å²) in [6.07, 6.45) is 1.12. The molecule has 17 heavy (non-hydrogen) atoms. The first-order valence-corrected chi connectivity index (χ1v) is 6.30. The fourth-order valence-electron chi connectivity index (χ4n) is 1.76. The molecule has 0 bridgehead atoms. The van der Waals surface area contributed by atoms with E-state index in [1.807, 2.05) is 0 Å². The Morgan fingerprint density at radius 3 is 2.41 bits per heavy atom. The highest BCUT2D eigenvalue weighted by Crippen LogP contribution is 2.26. The molecule has 1 aliphatic carbocycles. The molecule has 2 rings (SSSR count). The lowest BCUT2D eigenvalue weighted by molar-refractivity contribution is 0.0982. The monoisotopic (exact) mass is 251 g/mol. The SMILES string of the molecule is CC1=CC(=O)c2c(cccc2S(N)(=O)=O)C1=O. The Balaban J connectivity index is 2.84. The van der Waals surface area contributed by atoms with Gasteiger partial charge in [-0.3, -0.25) is 9.59 Å². The molecule has 1 aromatic rings. The van der Waals surface area contributed by atoms with Crippen LogP contribution in [0.4, 0.5) is 0 Å². The highest BCUT2D eigenvalue weighted by molar-refractivity contribution is 7.89. The third kappa shape index (κ3) is 1.81.